The van der Waals surface area contributed by atoms with Crippen molar-refractivity contribution in [3.8, 4) is 0 Å². The normalized spacial score (nSPS) is 25.0. The second-order valence-corrected chi connectivity index (χ2v) is 5.58. The standard InChI is InChI=1S/C13H19BrN2O/c14-12-3-1-2-4-13(12)16-8-10(5-6-17)7-11(15)9-16/h1-4,10-11,17H,5-9,15H2. The van der Waals surface area contributed by atoms with Crippen molar-refractivity contribution in [2.24, 2.45) is 11.7 Å². The maximum Gasteiger partial charge on any atom is 0.0511 e. The summed E-state index contributed by atoms with van der Waals surface area (Å²) in [6.45, 7) is 2.13. The fraction of sp³-hybridized carbons (Fsp3) is 0.538. The van der Waals surface area contributed by atoms with E-state index in [0.717, 1.165) is 30.4 Å². The Hall–Kier alpha value is -0.580. The summed E-state index contributed by atoms with van der Waals surface area (Å²) in [4.78, 5) is 2.32. The molecular formula is C13H19BrN2O. The number of hydrogen-bond acceptors (Lipinski definition) is 3. The Morgan fingerprint density at radius 3 is 2.82 bits per heavy atom. The van der Waals surface area contributed by atoms with Gasteiger partial charge in [-0.05, 0) is 46.8 Å². The minimum Gasteiger partial charge on any atom is -0.396 e. The van der Waals surface area contributed by atoms with Crippen LogP contribution in [0.5, 0.6) is 0 Å². The topological polar surface area (TPSA) is 49.5 Å². The molecule has 17 heavy (non-hydrogen) atoms. The SMILES string of the molecule is NC1CC(CCO)CN(c2ccccc2Br)C1. The summed E-state index contributed by atoms with van der Waals surface area (Å²) >= 11 is 3.58. The molecule has 3 nitrogen and oxygen atoms in total. The molecule has 1 aliphatic rings. The molecular weight excluding hydrogens is 280 g/mol. The lowest BCUT2D eigenvalue weighted by atomic mass is 9.92. The fourth-order valence-corrected chi connectivity index (χ4v) is 3.08. The van der Waals surface area contributed by atoms with Gasteiger partial charge in [0.25, 0.3) is 0 Å². The van der Waals surface area contributed by atoms with E-state index in [0.29, 0.717) is 5.92 Å². The second kappa shape index (κ2) is 5.85. The first kappa shape index (κ1) is 12.9. The van der Waals surface area contributed by atoms with Crippen LogP contribution in [0.4, 0.5) is 5.69 Å². The van der Waals surface area contributed by atoms with Crippen molar-refractivity contribution >= 4 is 21.6 Å². The number of nitrogens with zero attached hydrogens (tertiary/aromatic N) is 1. The molecule has 1 fully saturated rings. The van der Waals surface area contributed by atoms with E-state index in [-0.39, 0.29) is 12.6 Å². The van der Waals surface area contributed by atoms with E-state index in [1.807, 2.05) is 12.1 Å². The molecule has 0 amide bonds. The third kappa shape index (κ3) is 3.21. The minimum absolute atomic E-state index is 0.201. The molecule has 1 heterocycles. The van der Waals surface area contributed by atoms with Gasteiger partial charge in [0.15, 0.2) is 0 Å². The molecule has 1 aromatic rings. The van der Waals surface area contributed by atoms with Crippen LogP contribution in [0.15, 0.2) is 28.7 Å². The Labute approximate surface area is 111 Å². The third-order valence-electron chi connectivity index (χ3n) is 3.30. The Kier molecular flexibility index (Phi) is 4.42. The van der Waals surface area contributed by atoms with Gasteiger partial charge in [0.2, 0.25) is 0 Å². The van der Waals surface area contributed by atoms with Crippen LogP contribution >= 0.6 is 15.9 Å². The first-order valence-electron chi connectivity index (χ1n) is 6.06. The Morgan fingerprint density at radius 2 is 2.12 bits per heavy atom. The van der Waals surface area contributed by atoms with Gasteiger partial charge in [-0.3, -0.25) is 0 Å². The lowest BCUT2D eigenvalue weighted by Crippen LogP contribution is -2.47. The minimum atomic E-state index is 0.201. The monoisotopic (exact) mass is 298 g/mol. The van der Waals surface area contributed by atoms with Crippen LogP contribution in [0.2, 0.25) is 0 Å². The zero-order valence-corrected chi connectivity index (χ0v) is 11.4. The predicted molar refractivity (Wildman–Crippen MR) is 74.1 cm³/mol. The molecule has 1 aromatic carbocycles. The molecule has 4 heteroatoms. The van der Waals surface area contributed by atoms with Gasteiger partial charge in [-0.2, -0.15) is 0 Å². The van der Waals surface area contributed by atoms with E-state index in [1.165, 1.54) is 5.69 Å². The van der Waals surface area contributed by atoms with Crippen LogP contribution in [0.3, 0.4) is 0 Å². The zero-order chi connectivity index (χ0) is 12.3. The van der Waals surface area contributed by atoms with Gasteiger partial charge in [-0.25, -0.2) is 0 Å². The maximum absolute atomic E-state index is 9.05. The molecule has 0 bridgehead atoms. The van der Waals surface area contributed by atoms with E-state index >= 15 is 0 Å². The molecule has 1 aliphatic heterocycles. The number of aliphatic hydroxyl groups excluding tert-OH is 1. The molecule has 0 spiro atoms. The van der Waals surface area contributed by atoms with E-state index in [4.69, 9.17) is 10.8 Å². The summed E-state index contributed by atoms with van der Waals surface area (Å²) < 4.78 is 1.11. The average molecular weight is 299 g/mol. The lowest BCUT2D eigenvalue weighted by molar-refractivity contribution is 0.238. The van der Waals surface area contributed by atoms with Crippen molar-refractivity contribution in [1.29, 1.82) is 0 Å². The summed E-state index contributed by atoms with van der Waals surface area (Å²) in [7, 11) is 0. The van der Waals surface area contributed by atoms with E-state index in [9.17, 15) is 0 Å². The highest BCUT2D eigenvalue weighted by atomic mass is 79.9. The van der Waals surface area contributed by atoms with Crippen molar-refractivity contribution in [2.45, 2.75) is 18.9 Å². The highest BCUT2D eigenvalue weighted by Gasteiger charge is 2.25. The second-order valence-electron chi connectivity index (χ2n) is 4.73. The summed E-state index contributed by atoms with van der Waals surface area (Å²) in [5, 5.41) is 9.05. The van der Waals surface area contributed by atoms with Crippen molar-refractivity contribution in [2.75, 3.05) is 24.6 Å². The van der Waals surface area contributed by atoms with Gasteiger partial charge in [0, 0.05) is 30.2 Å². The summed E-state index contributed by atoms with van der Waals surface area (Å²) in [6.07, 6.45) is 1.86. The number of nitrogens with two attached hydrogens (primary N) is 1. The van der Waals surface area contributed by atoms with Crippen molar-refractivity contribution < 1.29 is 5.11 Å². The van der Waals surface area contributed by atoms with Crippen LogP contribution in [0, 0.1) is 5.92 Å². The zero-order valence-electron chi connectivity index (χ0n) is 9.85. The maximum atomic E-state index is 9.05. The smallest absolute Gasteiger partial charge is 0.0511 e. The lowest BCUT2D eigenvalue weighted by Gasteiger charge is -2.38. The van der Waals surface area contributed by atoms with E-state index < -0.39 is 0 Å². The van der Waals surface area contributed by atoms with Crippen LogP contribution in [-0.2, 0) is 0 Å². The number of piperidine rings is 1. The molecule has 2 rings (SSSR count). The number of anilines is 1. The van der Waals surface area contributed by atoms with Crippen LogP contribution in [0.25, 0.3) is 0 Å². The molecule has 0 saturated carbocycles. The van der Waals surface area contributed by atoms with Gasteiger partial charge < -0.3 is 15.7 Å². The third-order valence-corrected chi connectivity index (χ3v) is 3.97. The van der Waals surface area contributed by atoms with Gasteiger partial charge in [-0.1, -0.05) is 12.1 Å². The Balaban J connectivity index is 2.12. The molecule has 2 atom stereocenters. The quantitative estimate of drug-likeness (QED) is 0.897. The number of rotatable bonds is 3. The molecule has 1 saturated heterocycles. The van der Waals surface area contributed by atoms with Gasteiger partial charge in [0.05, 0.1) is 5.69 Å². The first-order chi connectivity index (χ1) is 8.20. The van der Waals surface area contributed by atoms with E-state index in [1.54, 1.807) is 0 Å². The summed E-state index contributed by atoms with van der Waals surface area (Å²) in [5.41, 5.74) is 7.29. The van der Waals surface area contributed by atoms with Gasteiger partial charge in [0.1, 0.15) is 0 Å². The number of para-hydroxylation sites is 1. The summed E-state index contributed by atoms with van der Waals surface area (Å²) in [5.74, 6) is 0.496. The van der Waals surface area contributed by atoms with E-state index in [2.05, 4.69) is 33.0 Å². The molecule has 0 aliphatic carbocycles. The molecule has 0 radical (unpaired) electrons. The first-order valence-corrected chi connectivity index (χ1v) is 6.86. The Bertz CT molecular complexity index is 372. The number of benzene rings is 1. The predicted octanol–water partition coefficient (Wildman–Crippen LogP) is 1.99. The van der Waals surface area contributed by atoms with Crippen molar-refractivity contribution in [3.05, 3.63) is 28.7 Å². The molecule has 0 aromatic heterocycles. The average Bonchev–Trinajstić information content (AvgIpc) is 2.29. The largest absolute Gasteiger partial charge is 0.396 e. The highest BCUT2D eigenvalue weighted by Crippen LogP contribution is 2.30. The highest BCUT2D eigenvalue weighted by molar-refractivity contribution is 9.10. The van der Waals surface area contributed by atoms with Crippen LogP contribution in [-0.4, -0.2) is 30.8 Å². The van der Waals surface area contributed by atoms with Gasteiger partial charge >= 0.3 is 0 Å². The van der Waals surface area contributed by atoms with Crippen molar-refractivity contribution in [3.63, 3.8) is 0 Å². The molecule has 3 N–H and O–H groups in total. The molecule has 2 unspecified atom stereocenters. The van der Waals surface area contributed by atoms with Crippen molar-refractivity contribution in [1.82, 2.24) is 0 Å². The summed E-state index contributed by atoms with van der Waals surface area (Å²) in [6, 6.07) is 8.42. The Morgan fingerprint density at radius 1 is 1.35 bits per heavy atom. The molecule has 94 valence electrons. The van der Waals surface area contributed by atoms with Crippen LogP contribution < -0.4 is 10.6 Å². The number of aliphatic hydroxyl groups is 1. The number of halogens is 1. The van der Waals surface area contributed by atoms with Crippen LogP contribution in [0.1, 0.15) is 12.8 Å². The number of hydrogen-bond donors (Lipinski definition) is 2. The van der Waals surface area contributed by atoms with Gasteiger partial charge in [-0.15, -0.1) is 0 Å². The fourth-order valence-electron chi connectivity index (χ4n) is 2.54.